The number of carbonyl (C=O) groups is 2. The SMILES string of the molecule is O=C(O)C1=NOC2CN(C(=O)OCC3c4ccccc4-c4ccccc43)CC12. The summed E-state index contributed by atoms with van der Waals surface area (Å²) in [6.07, 6.45) is -0.865. The van der Waals surface area contributed by atoms with Crippen LogP contribution in [0.5, 0.6) is 0 Å². The summed E-state index contributed by atoms with van der Waals surface area (Å²) in [7, 11) is 0. The van der Waals surface area contributed by atoms with Crippen molar-refractivity contribution < 1.29 is 24.3 Å². The van der Waals surface area contributed by atoms with Gasteiger partial charge in [0.05, 0.1) is 12.5 Å². The number of oxime groups is 1. The summed E-state index contributed by atoms with van der Waals surface area (Å²) in [5.41, 5.74) is 4.62. The summed E-state index contributed by atoms with van der Waals surface area (Å²) < 4.78 is 5.63. The van der Waals surface area contributed by atoms with Crippen molar-refractivity contribution in [3.05, 3.63) is 59.7 Å². The van der Waals surface area contributed by atoms with Gasteiger partial charge in [0.1, 0.15) is 6.61 Å². The van der Waals surface area contributed by atoms with Crippen LogP contribution in [0.3, 0.4) is 0 Å². The lowest BCUT2D eigenvalue weighted by Gasteiger charge is -2.19. The Morgan fingerprint density at radius 3 is 2.36 bits per heavy atom. The molecule has 2 aromatic carbocycles. The number of rotatable bonds is 3. The summed E-state index contributed by atoms with van der Waals surface area (Å²) in [4.78, 5) is 30.5. The third-order valence-electron chi connectivity index (χ3n) is 5.72. The fourth-order valence-corrected chi connectivity index (χ4v) is 4.37. The minimum atomic E-state index is -1.11. The molecule has 2 heterocycles. The number of benzene rings is 2. The Morgan fingerprint density at radius 2 is 1.71 bits per heavy atom. The fourth-order valence-electron chi connectivity index (χ4n) is 4.37. The van der Waals surface area contributed by atoms with E-state index in [2.05, 4.69) is 29.4 Å². The van der Waals surface area contributed by atoms with E-state index in [1.165, 1.54) is 16.0 Å². The number of carboxylic acids is 1. The van der Waals surface area contributed by atoms with Gasteiger partial charge < -0.3 is 19.6 Å². The number of hydrogen-bond acceptors (Lipinski definition) is 5. The molecule has 7 heteroatoms. The first-order chi connectivity index (χ1) is 13.6. The van der Waals surface area contributed by atoms with Gasteiger partial charge in [-0.1, -0.05) is 53.7 Å². The molecular weight excluding hydrogens is 360 g/mol. The number of hydrogen-bond donors (Lipinski definition) is 1. The molecule has 2 aliphatic heterocycles. The van der Waals surface area contributed by atoms with Gasteiger partial charge in [0, 0.05) is 12.5 Å². The highest BCUT2D eigenvalue weighted by Gasteiger charge is 2.47. The molecule has 0 spiro atoms. The number of likely N-dealkylation sites (tertiary alicyclic amines) is 1. The minimum Gasteiger partial charge on any atom is -0.477 e. The average Bonchev–Trinajstić information content (AvgIpc) is 3.37. The van der Waals surface area contributed by atoms with Gasteiger partial charge in [0.15, 0.2) is 11.8 Å². The first-order valence-electron chi connectivity index (χ1n) is 9.20. The van der Waals surface area contributed by atoms with E-state index in [0.717, 1.165) is 11.1 Å². The van der Waals surface area contributed by atoms with Crippen LogP contribution in [0.4, 0.5) is 4.79 Å². The second kappa shape index (κ2) is 6.37. The number of carboxylic acid groups (broad SMARTS) is 1. The third kappa shape index (κ3) is 2.54. The summed E-state index contributed by atoms with van der Waals surface area (Å²) in [6.45, 7) is 0.757. The van der Waals surface area contributed by atoms with Gasteiger partial charge in [-0.15, -0.1) is 0 Å². The molecule has 5 rings (SSSR count). The summed E-state index contributed by atoms with van der Waals surface area (Å²) in [5.74, 6) is -1.52. The van der Waals surface area contributed by atoms with Crippen LogP contribution in [0.2, 0.25) is 0 Å². The lowest BCUT2D eigenvalue weighted by atomic mass is 9.98. The second-order valence-corrected chi connectivity index (χ2v) is 7.24. The summed E-state index contributed by atoms with van der Waals surface area (Å²) in [6, 6.07) is 16.3. The van der Waals surface area contributed by atoms with Crippen molar-refractivity contribution in [3.63, 3.8) is 0 Å². The first-order valence-corrected chi connectivity index (χ1v) is 9.20. The highest BCUT2D eigenvalue weighted by Crippen LogP contribution is 2.44. The normalized spacial score (nSPS) is 22.1. The summed E-state index contributed by atoms with van der Waals surface area (Å²) >= 11 is 0. The van der Waals surface area contributed by atoms with Crippen LogP contribution in [-0.2, 0) is 14.4 Å². The zero-order valence-corrected chi connectivity index (χ0v) is 14.9. The Hall–Kier alpha value is -3.35. The van der Waals surface area contributed by atoms with Crippen molar-refractivity contribution in [1.82, 2.24) is 4.90 Å². The maximum absolute atomic E-state index is 12.6. The van der Waals surface area contributed by atoms with Crippen LogP contribution >= 0.6 is 0 Å². The van der Waals surface area contributed by atoms with E-state index in [1.54, 1.807) is 0 Å². The molecule has 2 atom stereocenters. The molecule has 28 heavy (non-hydrogen) atoms. The molecule has 2 aromatic rings. The molecule has 3 aliphatic rings. The predicted molar refractivity (Wildman–Crippen MR) is 100 cm³/mol. The molecule has 7 nitrogen and oxygen atoms in total. The van der Waals surface area contributed by atoms with Gasteiger partial charge in [-0.3, -0.25) is 0 Å². The van der Waals surface area contributed by atoms with Crippen molar-refractivity contribution in [2.24, 2.45) is 11.1 Å². The van der Waals surface area contributed by atoms with Crippen LogP contribution in [-0.4, -0.2) is 53.6 Å². The van der Waals surface area contributed by atoms with E-state index in [4.69, 9.17) is 9.57 Å². The maximum Gasteiger partial charge on any atom is 0.409 e. The van der Waals surface area contributed by atoms with Crippen molar-refractivity contribution in [2.45, 2.75) is 12.0 Å². The van der Waals surface area contributed by atoms with Crippen LogP contribution in [0.15, 0.2) is 53.7 Å². The lowest BCUT2D eigenvalue weighted by molar-refractivity contribution is -0.129. The Labute approximate surface area is 161 Å². The van der Waals surface area contributed by atoms with E-state index < -0.39 is 24.1 Å². The fraction of sp³-hybridized carbons (Fsp3) is 0.286. The first kappa shape index (κ1) is 16.8. The zero-order chi connectivity index (χ0) is 19.3. The number of carbonyl (C=O) groups excluding carboxylic acids is 1. The number of ether oxygens (including phenoxy) is 1. The molecule has 0 aromatic heterocycles. The van der Waals surface area contributed by atoms with Crippen LogP contribution in [0, 0.1) is 5.92 Å². The topological polar surface area (TPSA) is 88.4 Å². The molecule has 1 saturated heterocycles. The van der Waals surface area contributed by atoms with Crippen molar-refractivity contribution in [2.75, 3.05) is 19.7 Å². The molecular formula is C21H18N2O5. The van der Waals surface area contributed by atoms with E-state index in [-0.39, 0.29) is 31.3 Å². The number of amides is 1. The van der Waals surface area contributed by atoms with Crippen LogP contribution < -0.4 is 0 Å². The van der Waals surface area contributed by atoms with E-state index in [1.807, 2.05) is 24.3 Å². The molecule has 0 saturated carbocycles. The molecule has 1 aliphatic carbocycles. The minimum absolute atomic E-state index is 0.00848. The number of aliphatic carboxylic acids is 1. The van der Waals surface area contributed by atoms with E-state index >= 15 is 0 Å². The smallest absolute Gasteiger partial charge is 0.409 e. The van der Waals surface area contributed by atoms with Crippen molar-refractivity contribution >= 4 is 17.8 Å². The third-order valence-corrected chi connectivity index (χ3v) is 5.72. The Morgan fingerprint density at radius 1 is 1.07 bits per heavy atom. The molecule has 1 amide bonds. The van der Waals surface area contributed by atoms with Gasteiger partial charge in [-0.25, -0.2) is 9.59 Å². The van der Waals surface area contributed by atoms with Gasteiger partial charge in [-0.2, -0.15) is 0 Å². The molecule has 2 unspecified atom stereocenters. The Bertz CT molecular complexity index is 956. The quantitative estimate of drug-likeness (QED) is 0.887. The number of fused-ring (bicyclic) bond motifs is 4. The Kier molecular flexibility index (Phi) is 3.82. The highest BCUT2D eigenvalue weighted by atomic mass is 16.6. The monoisotopic (exact) mass is 378 g/mol. The maximum atomic E-state index is 12.6. The summed E-state index contributed by atoms with van der Waals surface area (Å²) in [5, 5.41) is 12.8. The molecule has 142 valence electrons. The molecule has 0 radical (unpaired) electrons. The van der Waals surface area contributed by atoms with Gasteiger partial charge in [0.25, 0.3) is 0 Å². The van der Waals surface area contributed by atoms with Crippen molar-refractivity contribution in [3.8, 4) is 11.1 Å². The number of nitrogens with zero attached hydrogens (tertiary/aromatic N) is 2. The predicted octanol–water partition coefficient (Wildman–Crippen LogP) is 2.71. The van der Waals surface area contributed by atoms with Gasteiger partial charge >= 0.3 is 12.1 Å². The van der Waals surface area contributed by atoms with Gasteiger partial charge in [-0.05, 0) is 22.3 Å². The second-order valence-electron chi connectivity index (χ2n) is 7.24. The highest BCUT2D eigenvalue weighted by molar-refractivity contribution is 6.37. The largest absolute Gasteiger partial charge is 0.477 e. The zero-order valence-electron chi connectivity index (χ0n) is 14.9. The van der Waals surface area contributed by atoms with Crippen molar-refractivity contribution in [1.29, 1.82) is 0 Å². The Balaban J connectivity index is 1.29. The van der Waals surface area contributed by atoms with Crippen LogP contribution in [0.1, 0.15) is 17.0 Å². The molecule has 0 bridgehead atoms. The van der Waals surface area contributed by atoms with E-state index in [0.29, 0.717) is 0 Å². The average molecular weight is 378 g/mol. The van der Waals surface area contributed by atoms with Gasteiger partial charge in [0.2, 0.25) is 0 Å². The molecule has 1 N–H and O–H groups in total. The standard InChI is InChI=1S/C21H18N2O5/c24-20(25)19-16-9-23(10-18(16)28-22-19)21(26)27-11-17-14-7-3-1-5-12(14)13-6-2-4-8-15(13)17/h1-8,16-18H,9-11H2,(H,24,25). The lowest BCUT2D eigenvalue weighted by Crippen LogP contribution is -2.32. The van der Waals surface area contributed by atoms with Crippen LogP contribution in [0.25, 0.3) is 11.1 Å². The van der Waals surface area contributed by atoms with E-state index in [9.17, 15) is 14.7 Å². The molecule has 1 fully saturated rings.